The summed E-state index contributed by atoms with van der Waals surface area (Å²) >= 11 is 0. The Kier molecular flexibility index (Phi) is 4.61. The Balaban J connectivity index is 1.53. The van der Waals surface area contributed by atoms with Crippen LogP contribution in [-0.2, 0) is 18.3 Å². The van der Waals surface area contributed by atoms with Crippen LogP contribution >= 0.6 is 0 Å². The molecule has 0 aliphatic carbocycles. The Labute approximate surface area is 134 Å². The lowest BCUT2D eigenvalue weighted by Gasteiger charge is -2.21. The Morgan fingerprint density at radius 2 is 2.35 bits per heavy atom. The van der Waals surface area contributed by atoms with Crippen molar-refractivity contribution in [3.05, 3.63) is 36.7 Å². The first-order chi connectivity index (χ1) is 11.1. The van der Waals surface area contributed by atoms with Gasteiger partial charge in [0.1, 0.15) is 11.9 Å². The van der Waals surface area contributed by atoms with Crippen molar-refractivity contribution >= 4 is 6.03 Å². The number of ether oxygens (including phenoxy) is 1. The molecule has 1 aliphatic heterocycles. The van der Waals surface area contributed by atoms with Crippen LogP contribution in [0.3, 0.4) is 0 Å². The summed E-state index contributed by atoms with van der Waals surface area (Å²) in [4.78, 5) is 16.5. The van der Waals surface area contributed by atoms with Crippen molar-refractivity contribution in [3.8, 4) is 0 Å². The number of imidazole rings is 1. The summed E-state index contributed by atoms with van der Waals surface area (Å²) in [5.74, 6) is 0.831. The van der Waals surface area contributed by atoms with E-state index in [1.54, 1.807) is 17.1 Å². The molecule has 1 saturated heterocycles. The molecule has 2 amide bonds. The second-order valence-electron chi connectivity index (χ2n) is 5.83. The second-order valence-corrected chi connectivity index (χ2v) is 5.83. The van der Waals surface area contributed by atoms with E-state index in [1.165, 1.54) is 0 Å². The molecular formula is C15H22N6O2. The lowest BCUT2D eigenvalue weighted by Crippen LogP contribution is -2.47. The molecule has 0 spiro atoms. The normalized spacial score (nSPS) is 22.0. The summed E-state index contributed by atoms with van der Waals surface area (Å²) in [6.07, 6.45) is 7.78. The van der Waals surface area contributed by atoms with Crippen LogP contribution in [0, 0.1) is 0 Å². The smallest absolute Gasteiger partial charge is 0.315 e. The van der Waals surface area contributed by atoms with E-state index in [1.807, 2.05) is 37.0 Å². The minimum Gasteiger partial charge on any atom is -0.368 e. The Hall–Kier alpha value is -2.35. The first kappa shape index (κ1) is 15.5. The molecule has 2 N–H and O–H groups in total. The molecule has 1 unspecified atom stereocenters. The quantitative estimate of drug-likeness (QED) is 0.855. The fraction of sp³-hybridized carbons (Fsp3) is 0.533. The third-order valence-electron chi connectivity index (χ3n) is 3.92. The Morgan fingerprint density at radius 3 is 3.04 bits per heavy atom. The van der Waals surface area contributed by atoms with Gasteiger partial charge in [-0.05, 0) is 19.4 Å². The first-order valence-corrected chi connectivity index (χ1v) is 7.77. The molecule has 2 aromatic heterocycles. The first-order valence-electron chi connectivity index (χ1n) is 7.77. The zero-order valence-corrected chi connectivity index (χ0v) is 13.3. The van der Waals surface area contributed by atoms with Gasteiger partial charge in [0, 0.05) is 44.5 Å². The van der Waals surface area contributed by atoms with Crippen molar-refractivity contribution in [1.29, 1.82) is 0 Å². The Bertz CT molecular complexity index is 638. The summed E-state index contributed by atoms with van der Waals surface area (Å²) in [6.45, 7) is 3.19. The van der Waals surface area contributed by atoms with Gasteiger partial charge in [-0.3, -0.25) is 4.68 Å². The molecule has 0 saturated carbocycles. The number of rotatable bonds is 5. The van der Waals surface area contributed by atoms with Gasteiger partial charge >= 0.3 is 6.03 Å². The molecule has 1 aliphatic rings. The molecule has 3 rings (SSSR count). The van der Waals surface area contributed by atoms with Crippen LogP contribution in [0.4, 0.5) is 4.79 Å². The molecular weight excluding hydrogens is 296 g/mol. The zero-order chi connectivity index (χ0) is 16.2. The maximum atomic E-state index is 12.2. The van der Waals surface area contributed by atoms with E-state index in [0.717, 1.165) is 12.2 Å². The highest BCUT2D eigenvalue weighted by Crippen LogP contribution is 2.27. The van der Waals surface area contributed by atoms with E-state index in [4.69, 9.17) is 4.74 Å². The van der Waals surface area contributed by atoms with Gasteiger partial charge in [-0.25, -0.2) is 9.78 Å². The molecule has 124 valence electrons. The number of carbonyl (C=O) groups excluding carboxylic acids is 1. The van der Waals surface area contributed by atoms with Crippen molar-refractivity contribution in [2.24, 2.45) is 7.05 Å². The van der Waals surface area contributed by atoms with E-state index in [0.29, 0.717) is 13.2 Å². The van der Waals surface area contributed by atoms with Gasteiger partial charge in [0.25, 0.3) is 0 Å². The van der Waals surface area contributed by atoms with Crippen molar-refractivity contribution in [3.63, 3.8) is 0 Å². The van der Waals surface area contributed by atoms with Crippen LogP contribution < -0.4 is 10.6 Å². The monoisotopic (exact) mass is 318 g/mol. The predicted molar refractivity (Wildman–Crippen MR) is 83.7 cm³/mol. The van der Waals surface area contributed by atoms with E-state index < -0.39 is 0 Å². The SMILES string of the molecule is CC(Cn1cccn1)NC(=O)N[C@H]1CCO[C@@H]1c1nccn1C. The topological polar surface area (TPSA) is 86.0 Å². The number of nitrogens with zero attached hydrogens (tertiary/aromatic N) is 4. The van der Waals surface area contributed by atoms with Gasteiger partial charge in [0.2, 0.25) is 0 Å². The van der Waals surface area contributed by atoms with Crippen LogP contribution in [0.2, 0.25) is 0 Å². The predicted octanol–water partition coefficient (Wildman–Crippen LogP) is 0.834. The summed E-state index contributed by atoms with van der Waals surface area (Å²) in [5, 5.41) is 10.1. The number of nitrogens with one attached hydrogen (secondary N) is 2. The maximum Gasteiger partial charge on any atom is 0.315 e. The molecule has 0 radical (unpaired) electrons. The summed E-state index contributed by atoms with van der Waals surface area (Å²) < 4.78 is 9.45. The molecule has 8 nitrogen and oxygen atoms in total. The number of aromatic nitrogens is 4. The highest BCUT2D eigenvalue weighted by molar-refractivity contribution is 5.74. The zero-order valence-electron chi connectivity index (χ0n) is 13.3. The number of amides is 2. The van der Waals surface area contributed by atoms with Gasteiger partial charge < -0.3 is 19.9 Å². The van der Waals surface area contributed by atoms with Gasteiger partial charge in [0.15, 0.2) is 0 Å². The molecule has 23 heavy (non-hydrogen) atoms. The van der Waals surface area contributed by atoms with E-state index >= 15 is 0 Å². The standard InChI is InChI=1S/C15H22N6O2/c1-11(10-21-7-3-5-17-21)18-15(22)19-12-4-9-23-13(12)14-16-6-8-20(14)2/h3,5-8,11-13H,4,9-10H2,1-2H3,(H2,18,19,22)/t11?,12-,13-/m0/s1. The van der Waals surface area contributed by atoms with E-state index in [-0.39, 0.29) is 24.2 Å². The van der Waals surface area contributed by atoms with Crippen LogP contribution in [0.5, 0.6) is 0 Å². The van der Waals surface area contributed by atoms with E-state index in [9.17, 15) is 4.79 Å². The molecule has 0 aromatic carbocycles. The minimum atomic E-state index is -0.206. The van der Waals surface area contributed by atoms with Crippen molar-refractivity contribution in [2.45, 2.75) is 38.1 Å². The Morgan fingerprint density at radius 1 is 1.48 bits per heavy atom. The van der Waals surface area contributed by atoms with Gasteiger partial charge in [-0.2, -0.15) is 5.10 Å². The van der Waals surface area contributed by atoms with Crippen LogP contribution in [-0.4, -0.2) is 44.1 Å². The summed E-state index contributed by atoms with van der Waals surface area (Å²) in [5.41, 5.74) is 0. The molecule has 0 bridgehead atoms. The third kappa shape index (κ3) is 3.70. The summed E-state index contributed by atoms with van der Waals surface area (Å²) in [6, 6.07) is 1.57. The van der Waals surface area contributed by atoms with Gasteiger partial charge in [-0.15, -0.1) is 0 Å². The molecule has 3 atom stereocenters. The number of aryl methyl sites for hydroxylation is 1. The highest BCUT2D eigenvalue weighted by Gasteiger charge is 2.33. The lowest BCUT2D eigenvalue weighted by molar-refractivity contribution is 0.0907. The van der Waals surface area contributed by atoms with Crippen LogP contribution in [0.15, 0.2) is 30.9 Å². The minimum absolute atomic E-state index is 0.0242. The van der Waals surface area contributed by atoms with E-state index in [2.05, 4.69) is 20.7 Å². The fourth-order valence-corrected chi connectivity index (χ4v) is 2.81. The number of urea groups is 1. The highest BCUT2D eigenvalue weighted by atomic mass is 16.5. The van der Waals surface area contributed by atoms with Crippen molar-refractivity contribution in [2.75, 3.05) is 6.61 Å². The maximum absolute atomic E-state index is 12.2. The van der Waals surface area contributed by atoms with Crippen molar-refractivity contribution in [1.82, 2.24) is 30.0 Å². The number of hydrogen-bond acceptors (Lipinski definition) is 4. The second kappa shape index (κ2) is 6.82. The van der Waals surface area contributed by atoms with Crippen molar-refractivity contribution < 1.29 is 9.53 Å². The lowest BCUT2D eigenvalue weighted by atomic mass is 10.1. The number of carbonyl (C=O) groups is 1. The molecule has 1 fully saturated rings. The fourth-order valence-electron chi connectivity index (χ4n) is 2.81. The average Bonchev–Trinajstić information content (AvgIpc) is 3.21. The largest absolute Gasteiger partial charge is 0.368 e. The van der Waals surface area contributed by atoms with Gasteiger partial charge in [-0.1, -0.05) is 0 Å². The molecule has 8 heteroatoms. The third-order valence-corrected chi connectivity index (χ3v) is 3.92. The van der Waals surface area contributed by atoms with Crippen LogP contribution in [0.25, 0.3) is 0 Å². The number of hydrogen-bond donors (Lipinski definition) is 2. The van der Waals surface area contributed by atoms with Gasteiger partial charge in [0.05, 0.1) is 12.6 Å². The summed E-state index contributed by atoms with van der Waals surface area (Å²) in [7, 11) is 1.92. The molecule has 2 aromatic rings. The molecule has 3 heterocycles. The average molecular weight is 318 g/mol. The van der Waals surface area contributed by atoms with Crippen LogP contribution in [0.1, 0.15) is 25.3 Å².